The Morgan fingerprint density at radius 2 is 1.06 bits per heavy atom. The van der Waals surface area contributed by atoms with E-state index >= 15 is 0 Å². The van der Waals surface area contributed by atoms with Crippen molar-refractivity contribution in [3.63, 3.8) is 0 Å². The third-order valence-corrected chi connectivity index (χ3v) is 2.32. The van der Waals surface area contributed by atoms with E-state index in [0.29, 0.717) is 0 Å². The van der Waals surface area contributed by atoms with Gasteiger partial charge in [-0.3, -0.25) is 0 Å². The first-order valence-electron chi connectivity index (χ1n) is 4.80. The molecule has 0 fully saturated rings. The highest BCUT2D eigenvalue weighted by atomic mass is 19.4. The number of hydrogen-bond acceptors (Lipinski definition) is 2. The number of benzene rings is 2. The zero-order valence-electron chi connectivity index (χ0n) is 9.74. The van der Waals surface area contributed by atoms with Gasteiger partial charge in [-0.2, -0.15) is 13.2 Å². The van der Waals surface area contributed by atoms with Crippen LogP contribution in [0.15, 0.2) is 54.6 Å². The fourth-order valence-electron chi connectivity index (χ4n) is 1.48. The highest BCUT2D eigenvalue weighted by Crippen LogP contribution is 2.30. The van der Waals surface area contributed by atoms with Crippen molar-refractivity contribution in [2.75, 3.05) is 0 Å². The molecule has 2 nitrogen and oxygen atoms in total. The average Bonchev–Trinajstić information content (AvgIpc) is 2.29. The zero-order valence-corrected chi connectivity index (χ0v) is 9.74. The summed E-state index contributed by atoms with van der Waals surface area (Å²) in [7, 11) is 0. The Balaban J connectivity index is 0.00000144. The van der Waals surface area contributed by atoms with E-state index in [4.69, 9.17) is 0 Å². The van der Waals surface area contributed by atoms with Crippen LogP contribution in [0.4, 0.5) is 13.2 Å². The lowest BCUT2D eigenvalue weighted by atomic mass is 10.0. The van der Waals surface area contributed by atoms with Crippen LogP contribution in [-0.4, -0.2) is 0 Å². The van der Waals surface area contributed by atoms with Gasteiger partial charge in [0.15, 0.2) is 0 Å². The summed E-state index contributed by atoms with van der Waals surface area (Å²) in [5, 5.41) is 0. The number of alkyl halides is 3. The molecule has 0 aromatic heterocycles. The molecule has 0 amide bonds. The Morgan fingerprint density at radius 1 is 0.611 bits per heavy atom. The Hall–Kier alpha value is -1.85. The molecule has 0 unspecified atom stereocenters. The largest absolute Gasteiger partial charge is 0.416 e. The maximum Gasteiger partial charge on any atom is 0.416 e. The second-order valence-electron chi connectivity index (χ2n) is 3.44. The third-order valence-electron chi connectivity index (χ3n) is 2.32. The first kappa shape index (κ1) is 16.1. The molecule has 0 radical (unpaired) electrons. The highest BCUT2D eigenvalue weighted by Gasteiger charge is 2.29. The standard InChI is InChI=1S/C13H9F3.2H3N/c14-13(15,16)12-8-6-11(7-9-12)10-4-2-1-3-5-10;;/h1-9H;2*1H3. The summed E-state index contributed by atoms with van der Waals surface area (Å²) in [6, 6.07) is 14.5. The molecule has 2 rings (SSSR count). The van der Waals surface area contributed by atoms with Crippen molar-refractivity contribution >= 4 is 0 Å². The topological polar surface area (TPSA) is 70.0 Å². The van der Waals surface area contributed by atoms with Gasteiger partial charge < -0.3 is 12.3 Å². The predicted octanol–water partition coefficient (Wildman–Crippen LogP) is 4.70. The van der Waals surface area contributed by atoms with Crippen LogP contribution in [0.3, 0.4) is 0 Å². The molecule has 0 aliphatic rings. The second kappa shape index (κ2) is 6.18. The van der Waals surface area contributed by atoms with E-state index in [1.165, 1.54) is 12.1 Å². The Morgan fingerprint density at radius 3 is 1.50 bits per heavy atom. The number of halogens is 3. The van der Waals surface area contributed by atoms with Gasteiger partial charge in [-0.15, -0.1) is 0 Å². The highest BCUT2D eigenvalue weighted by molar-refractivity contribution is 5.63. The zero-order chi connectivity index (χ0) is 11.6. The normalized spacial score (nSPS) is 10.2. The molecule has 0 heterocycles. The smallest absolute Gasteiger partial charge is 0.344 e. The van der Waals surface area contributed by atoms with E-state index in [2.05, 4.69) is 0 Å². The van der Waals surface area contributed by atoms with Crippen molar-refractivity contribution in [3.8, 4) is 11.1 Å². The van der Waals surface area contributed by atoms with E-state index in [1.54, 1.807) is 0 Å². The molecule has 0 atom stereocenters. The van der Waals surface area contributed by atoms with Crippen molar-refractivity contribution in [1.29, 1.82) is 0 Å². The summed E-state index contributed by atoms with van der Waals surface area (Å²) < 4.78 is 37.0. The van der Waals surface area contributed by atoms with Gasteiger partial charge in [0.05, 0.1) is 5.56 Å². The molecular formula is C13H15F3N2. The van der Waals surface area contributed by atoms with E-state index in [-0.39, 0.29) is 12.3 Å². The van der Waals surface area contributed by atoms with Gasteiger partial charge in [0.25, 0.3) is 0 Å². The van der Waals surface area contributed by atoms with Crippen LogP contribution < -0.4 is 12.3 Å². The molecule has 2 aromatic rings. The SMILES string of the molecule is FC(F)(F)c1ccc(-c2ccccc2)cc1.N.N. The van der Waals surface area contributed by atoms with Crippen molar-refractivity contribution in [3.05, 3.63) is 60.2 Å². The molecule has 0 saturated carbocycles. The molecule has 2 aromatic carbocycles. The Bertz CT molecular complexity index is 464. The Kier molecular flexibility index (Phi) is 5.55. The molecule has 0 aliphatic carbocycles. The summed E-state index contributed by atoms with van der Waals surface area (Å²) in [5.74, 6) is 0. The fourth-order valence-corrected chi connectivity index (χ4v) is 1.48. The first-order valence-corrected chi connectivity index (χ1v) is 4.80. The maximum absolute atomic E-state index is 12.3. The predicted molar refractivity (Wildman–Crippen MR) is 66.9 cm³/mol. The van der Waals surface area contributed by atoms with Gasteiger partial charge in [0, 0.05) is 0 Å². The quantitative estimate of drug-likeness (QED) is 0.776. The minimum Gasteiger partial charge on any atom is -0.344 e. The first-order chi connectivity index (χ1) is 7.57. The van der Waals surface area contributed by atoms with E-state index < -0.39 is 11.7 Å². The monoisotopic (exact) mass is 256 g/mol. The Labute approximate surface area is 104 Å². The molecule has 0 spiro atoms. The number of hydrogen-bond donors (Lipinski definition) is 2. The van der Waals surface area contributed by atoms with Gasteiger partial charge >= 0.3 is 6.18 Å². The number of rotatable bonds is 1. The summed E-state index contributed by atoms with van der Waals surface area (Å²) in [6.07, 6.45) is -4.27. The summed E-state index contributed by atoms with van der Waals surface area (Å²) in [4.78, 5) is 0. The van der Waals surface area contributed by atoms with Gasteiger partial charge in [-0.05, 0) is 23.3 Å². The lowest BCUT2D eigenvalue weighted by Gasteiger charge is -2.07. The van der Waals surface area contributed by atoms with Crippen molar-refractivity contribution in [2.24, 2.45) is 0 Å². The average molecular weight is 256 g/mol. The van der Waals surface area contributed by atoms with Crippen molar-refractivity contribution in [2.45, 2.75) is 6.18 Å². The van der Waals surface area contributed by atoms with Gasteiger partial charge in [0.1, 0.15) is 0 Å². The fraction of sp³-hybridized carbons (Fsp3) is 0.0769. The van der Waals surface area contributed by atoms with Crippen molar-refractivity contribution < 1.29 is 13.2 Å². The molecule has 18 heavy (non-hydrogen) atoms. The van der Waals surface area contributed by atoms with Gasteiger partial charge in [-0.25, -0.2) is 0 Å². The van der Waals surface area contributed by atoms with Crippen LogP contribution in [0.25, 0.3) is 11.1 Å². The third kappa shape index (κ3) is 3.58. The molecule has 5 heteroatoms. The summed E-state index contributed by atoms with van der Waals surface area (Å²) in [6.45, 7) is 0. The van der Waals surface area contributed by atoms with Gasteiger partial charge in [0.2, 0.25) is 0 Å². The molecule has 98 valence electrons. The van der Waals surface area contributed by atoms with Crippen LogP contribution in [-0.2, 0) is 6.18 Å². The van der Waals surface area contributed by atoms with Crippen molar-refractivity contribution in [1.82, 2.24) is 12.3 Å². The molecule has 6 N–H and O–H groups in total. The van der Waals surface area contributed by atoms with E-state index in [0.717, 1.165) is 23.3 Å². The molecule has 0 aliphatic heterocycles. The van der Waals surface area contributed by atoms with Crippen LogP contribution in [0.1, 0.15) is 5.56 Å². The second-order valence-corrected chi connectivity index (χ2v) is 3.44. The molecule has 0 bridgehead atoms. The van der Waals surface area contributed by atoms with Crippen LogP contribution in [0, 0.1) is 0 Å². The lowest BCUT2D eigenvalue weighted by Crippen LogP contribution is -2.03. The summed E-state index contributed by atoms with van der Waals surface area (Å²) >= 11 is 0. The minimum absolute atomic E-state index is 0. The van der Waals surface area contributed by atoms with Crippen LogP contribution in [0.5, 0.6) is 0 Å². The minimum atomic E-state index is -4.27. The van der Waals surface area contributed by atoms with E-state index in [1.807, 2.05) is 30.3 Å². The maximum atomic E-state index is 12.3. The molecular weight excluding hydrogens is 241 g/mol. The molecule has 0 saturated heterocycles. The van der Waals surface area contributed by atoms with Crippen LogP contribution >= 0.6 is 0 Å². The van der Waals surface area contributed by atoms with E-state index in [9.17, 15) is 13.2 Å². The van der Waals surface area contributed by atoms with Gasteiger partial charge in [-0.1, -0.05) is 42.5 Å². The lowest BCUT2D eigenvalue weighted by molar-refractivity contribution is -0.137. The van der Waals surface area contributed by atoms with Crippen LogP contribution in [0.2, 0.25) is 0 Å². The summed E-state index contributed by atoms with van der Waals surface area (Å²) in [5.41, 5.74) is 1.08.